The molecule has 6 heteroatoms. The van der Waals surface area contributed by atoms with Crippen LogP contribution in [-0.2, 0) is 4.74 Å². The molecule has 0 amide bonds. The van der Waals surface area contributed by atoms with Crippen molar-refractivity contribution in [3.8, 4) is 0 Å². The van der Waals surface area contributed by atoms with Gasteiger partial charge in [0, 0.05) is 18.6 Å². The van der Waals surface area contributed by atoms with Crippen LogP contribution in [0.3, 0.4) is 0 Å². The molecule has 0 aliphatic carbocycles. The molecule has 0 radical (unpaired) electrons. The maximum absolute atomic E-state index is 11.7. The molecule has 0 saturated heterocycles. The molecule has 92 valence electrons. The Bertz CT molecular complexity index is 183. The minimum absolute atomic E-state index is 0.222. The van der Waals surface area contributed by atoms with E-state index in [9.17, 15) is 13.2 Å². The van der Waals surface area contributed by atoms with Gasteiger partial charge in [0.15, 0.2) is 0 Å². The van der Waals surface area contributed by atoms with Crippen molar-refractivity contribution in [3.63, 3.8) is 0 Å². The fourth-order valence-electron chi connectivity index (χ4n) is 1.29. The molecule has 0 saturated carbocycles. The van der Waals surface area contributed by atoms with Crippen LogP contribution in [0.15, 0.2) is 0 Å². The van der Waals surface area contributed by atoms with E-state index in [1.54, 1.807) is 0 Å². The van der Waals surface area contributed by atoms with Gasteiger partial charge in [-0.05, 0) is 20.4 Å². The Kier molecular flexibility index (Phi) is 5.55. The minimum atomic E-state index is -4.55. The second-order valence-electron chi connectivity index (χ2n) is 3.89. The van der Waals surface area contributed by atoms with Crippen LogP contribution >= 0.6 is 0 Å². The Morgan fingerprint density at radius 2 is 1.80 bits per heavy atom. The molecule has 2 N–H and O–H groups in total. The molecule has 0 heterocycles. The van der Waals surface area contributed by atoms with E-state index < -0.39 is 6.36 Å². The molecule has 0 aromatic carbocycles. The Morgan fingerprint density at radius 1 is 1.27 bits per heavy atom. The number of nitrogens with two attached hydrogens (primary N) is 1. The summed E-state index contributed by atoms with van der Waals surface area (Å²) in [6, 6.07) is 0. The van der Waals surface area contributed by atoms with Gasteiger partial charge in [0.1, 0.15) is 0 Å². The van der Waals surface area contributed by atoms with Crippen molar-refractivity contribution in [2.45, 2.75) is 32.7 Å². The first kappa shape index (κ1) is 14.7. The Hall–Kier alpha value is -0.330. The minimum Gasteiger partial charge on any atom is -0.329 e. The van der Waals surface area contributed by atoms with Crippen LogP contribution in [0.2, 0.25) is 0 Å². The van der Waals surface area contributed by atoms with Crippen molar-refractivity contribution in [3.05, 3.63) is 0 Å². The van der Waals surface area contributed by atoms with Gasteiger partial charge in [0.05, 0.1) is 6.61 Å². The summed E-state index contributed by atoms with van der Waals surface area (Å²) in [5.74, 6) is 0. The molecule has 0 atom stereocenters. The molecule has 0 fully saturated rings. The van der Waals surface area contributed by atoms with Gasteiger partial charge in [-0.3, -0.25) is 9.64 Å². The second-order valence-corrected chi connectivity index (χ2v) is 3.89. The highest BCUT2D eigenvalue weighted by Crippen LogP contribution is 2.17. The molecule has 0 aliphatic heterocycles. The maximum Gasteiger partial charge on any atom is 0.522 e. The van der Waals surface area contributed by atoms with Crippen molar-refractivity contribution in [1.82, 2.24) is 4.90 Å². The lowest BCUT2D eigenvalue weighted by Crippen LogP contribution is -2.50. The van der Waals surface area contributed by atoms with Crippen molar-refractivity contribution < 1.29 is 17.9 Å². The maximum atomic E-state index is 11.7. The number of halogens is 3. The Balaban J connectivity index is 4.02. The van der Waals surface area contributed by atoms with Gasteiger partial charge >= 0.3 is 6.36 Å². The summed E-state index contributed by atoms with van der Waals surface area (Å²) in [6.07, 6.45) is -4.55. The van der Waals surface area contributed by atoms with Gasteiger partial charge < -0.3 is 5.73 Å². The van der Waals surface area contributed by atoms with Gasteiger partial charge in [0.2, 0.25) is 0 Å². The van der Waals surface area contributed by atoms with E-state index >= 15 is 0 Å². The predicted molar refractivity (Wildman–Crippen MR) is 52.4 cm³/mol. The average molecular weight is 228 g/mol. The molecule has 0 bridgehead atoms. The van der Waals surface area contributed by atoms with Crippen molar-refractivity contribution >= 4 is 0 Å². The first-order valence-corrected chi connectivity index (χ1v) is 4.88. The van der Waals surface area contributed by atoms with Crippen LogP contribution in [-0.4, -0.2) is 43.0 Å². The quantitative estimate of drug-likeness (QED) is 0.750. The third kappa shape index (κ3) is 5.96. The van der Waals surface area contributed by atoms with Gasteiger partial charge in [0.25, 0.3) is 0 Å². The lowest BCUT2D eigenvalue weighted by atomic mass is 10.0. The fourth-order valence-corrected chi connectivity index (χ4v) is 1.29. The normalized spacial score (nSPS) is 13.6. The largest absolute Gasteiger partial charge is 0.522 e. The number of rotatable bonds is 6. The second kappa shape index (κ2) is 5.67. The Morgan fingerprint density at radius 3 is 2.13 bits per heavy atom. The molecule has 3 nitrogen and oxygen atoms in total. The van der Waals surface area contributed by atoms with Crippen LogP contribution in [0, 0.1) is 0 Å². The zero-order valence-electron chi connectivity index (χ0n) is 9.40. The van der Waals surface area contributed by atoms with E-state index in [1.807, 2.05) is 25.7 Å². The van der Waals surface area contributed by atoms with E-state index in [0.717, 1.165) is 0 Å². The number of alkyl halides is 3. The van der Waals surface area contributed by atoms with Crippen LogP contribution in [0.25, 0.3) is 0 Å². The zero-order valence-corrected chi connectivity index (χ0v) is 9.40. The van der Waals surface area contributed by atoms with E-state index in [4.69, 9.17) is 5.73 Å². The van der Waals surface area contributed by atoms with E-state index in [2.05, 4.69) is 4.74 Å². The van der Waals surface area contributed by atoms with Gasteiger partial charge in [-0.2, -0.15) is 0 Å². The van der Waals surface area contributed by atoms with E-state index in [0.29, 0.717) is 13.1 Å². The molecular weight excluding hydrogens is 209 g/mol. The standard InChI is InChI=1S/C9H19F3N2O/c1-4-14(8(2,3)7-13)5-6-15-9(10,11)12/h4-7,13H2,1-3H3. The zero-order chi connectivity index (χ0) is 12.1. The van der Waals surface area contributed by atoms with Crippen molar-refractivity contribution in [1.29, 1.82) is 0 Å². The third-order valence-corrected chi connectivity index (χ3v) is 2.36. The van der Waals surface area contributed by atoms with Gasteiger partial charge in [-0.1, -0.05) is 6.92 Å². The molecule has 0 aromatic heterocycles. The van der Waals surface area contributed by atoms with Crippen LogP contribution < -0.4 is 5.73 Å². The summed E-state index contributed by atoms with van der Waals surface area (Å²) in [4.78, 5) is 1.86. The molecule has 0 unspecified atom stereocenters. The number of hydrogen-bond donors (Lipinski definition) is 1. The molecule has 0 rings (SSSR count). The van der Waals surface area contributed by atoms with Gasteiger partial charge in [-0.15, -0.1) is 13.2 Å². The fraction of sp³-hybridized carbons (Fsp3) is 1.00. The third-order valence-electron chi connectivity index (χ3n) is 2.36. The highest BCUT2D eigenvalue weighted by atomic mass is 19.4. The first-order chi connectivity index (χ1) is 6.73. The molecule has 0 spiro atoms. The van der Waals surface area contributed by atoms with Crippen molar-refractivity contribution in [2.24, 2.45) is 5.73 Å². The number of ether oxygens (including phenoxy) is 1. The molecule has 15 heavy (non-hydrogen) atoms. The summed E-state index contributed by atoms with van der Waals surface area (Å²) in [5, 5.41) is 0. The molecule has 0 aromatic rings. The lowest BCUT2D eigenvalue weighted by Gasteiger charge is -2.36. The summed E-state index contributed by atoms with van der Waals surface area (Å²) in [5.41, 5.74) is 5.23. The molecular formula is C9H19F3N2O. The number of nitrogens with zero attached hydrogens (tertiary/aromatic N) is 1. The highest BCUT2D eigenvalue weighted by molar-refractivity contribution is 4.81. The van der Waals surface area contributed by atoms with Crippen LogP contribution in [0.5, 0.6) is 0 Å². The van der Waals surface area contributed by atoms with Crippen molar-refractivity contribution in [2.75, 3.05) is 26.2 Å². The summed E-state index contributed by atoms with van der Waals surface area (Å²) >= 11 is 0. The summed E-state index contributed by atoms with van der Waals surface area (Å²) in [7, 11) is 0. The smallest absolute Gasteiger partial charge is 0.329 e. The lowest BCUT2D eigenvalue weighted by molar-refractivity contribution is -0.325. The SMILES string of the molecule is CCN(CCOC(F)(F)F)C(C)(C)CN. The van der Waals surface area contributed by atoms with E-state index in [1.165, 1.54) is 0 Å². The van der Waals surface area contributed by atoms with E-state index in [-0.39, 0.29) is 18.7 Å². The molecule has 0 aliphatic rings. The highest BCUT2D eigenvalue weighted by Gasteiger charge is 2.30. The van der Waals surface area contributed by atoms with Gasteiger partial charge in [-0.25, -0.2) is 0 Å². The first-order valence-electron chi connectivity index (χ1n) is 4.88. The number of likely N-dealkylation sites (N-methyl/N-ethyl adjacent to an activating group) is 1. The van der Waals surface area contributed by atoms with Crippen LogP contribution in [0.4, 0.5) is 13.2 Å². The topological polar surface area (TPSA) is 38.5 Å². The predicted octanol–water partition coefficient (Wildman–Crippen LogP) is 1.58. The van der Waals surface area contributed by atoms with Crippen LogP contribution in [0.1, 0.15) is 20.8 Å². The number of hydrogen-bond acceptors (Lipinski definition) is 3. The monoisotopic (exact) mass is 228 g/mol. The summed E-state index contributed by atoms with van der Waals surface area (Å²) < 4.78 is 38.9. The average Bonchev–Trinajstić information content (AvgIpc) is 2.10. The Labute approximate surface area is 88.4 Å². The summed E-state index contributed by atoms with van der Waals surface area (Å²) in [6.45, 7) is 6.57.